The summed E-state index contributed by atoms with van der Waals surface area (Å²) in [6, 6.07) is 24.1. The van der Waals surface area contributed by atoms with Crippen LogP contribution in [0.1, 0.15) is 16.7 Å². The van der Waals surface area contributed by atoms with Gasteiger partial charge in [-0.25, -0.2) is 0 Å². The molecule has 182 valence electrons. The molecule has 0 aliphatic heterocycles. The number of hydrogen-bond donors (Lipinski definition) is 1. The van der Waals surface area contributed by atoms with Gasteiger partial charge in [0.2, 0.25) is 11.8 Å². The molecule has 0 aromatic heterocycles. The Kier molecular flexibility index (Phi) is 9.49. The summed E-state index contributed by atoms with van der Waals surface area (Å²) in [5.74, 6) is 0.772. The number of amides is 2. The molecule has 2 amide bonds. The van der Waals surface area contributed by atoms with Crippen molar-refractivity contribution >= 4 is 11.8 Å². The van der Waals surface area contributed by atoms with Crippen LogP contribution in [0.2, 0.25) is 0 Å². The van der Waals surface area contributed by atoms with E-state index >= 15 is 0 Å². The zero-order valence-electron chi connectivity index (χ0n) is 20.3. The minimum Gasteiger partial charge on any atom is -0.493 e. The summed E-state index contributed by atoms with van der Waals surface area (Å²) >= 11 is 0. The normalized spacial score (nSPS) is 11.3. The van der Waals surface area contributed by atoms with Crippen LogP contribution < -0.4 is 14.8 Å². The molecule has 0 radical (unpaired) electrons. The van der Waals surface area contributed by atoms with E-state index in [-0.39, 0.29) is 18.2 Å². The third-order valence-electron chi connectivity index (χ3n) is 5.69. The van der Waals surface area contributed by atoms with Crippen molar-refractivity contribution in [1.29, 1.82) is 0 Å². The number of nitrogens with zero attached hydrogens (tertiary/aromatic N) is 1. The highest BCUT2D eigenvalue weighted by Gasteiger charge is 2.30. The first-order valence-corrected chi connectivity index (χ1v) is 11.5. The van der Waals surface area contributed by atoms with Crippen molar-refractivity contribution in [3.05, 3.63) is 108 Å². The number of benzene rings is 3. The van der Waals surface area contributed by atoms with Crippen molar-refractivity contribution in [3.8, 4) is 11.5 Å². The van der Waals surface area contributed by atoms with Crippen molar-refractivity contribution in [2.24, 2.45) is 0 Å². The van der Waals surface area contributed by atoms with Gasteiger partial charge in [-0.3, -0.25) is 9.59 Å². The maximum absolute atomic E-state index is 13.7. The van der Waals surface area contributed by atoms with Crippen LogP contribution in [0.4, 0.5) is 0 Å². The van der Waals surface area contributed by atoms with Gasteiger partial charge in [0.15, 0.2) is 11.5 Å². The second kappa shape index (κ2) is 13.0. The van der Waals surface area contributed by atoms with E-state index in [4.69, 9.17) is 9.47 Å². The number of rotatable bonds is 12. The molecular formula is C29H32N2O4. The Balaban J connectivity index is 1.95. The highest BCUT2D eigenvalue weighted by molar-refractivity contribution is 5.89. The molecule has 35 heavy (non-hydrogen) atoms. The van der Waals surface area contributed by atoms with Gasteiger partial charge in [-0.15, -0.1) is 6.58 Å². The van der Waals surface area contributed by atoms with Crippen LogP contribution in [0.5, 0.6) is 11.5 Å². The second-order valence-electron chi connectivity index (χ2n) is 8.11. The molecule has 0 unspecified atom stereocenters. The number of ether oxygens (including phenoxy) is 2. The summed E-state index contributed by atoms with van der Waals surface area (Å²) in [6.45, 7) is 4.33. The van der Waals surface area contributed by atoms with E-state index in [9.17, 15) is 9.59 Å². The van der Waals surface area contributed by atoms with E-state index in [1.165, 1.54) is 0 Å². The van der Waals surface area contributed by atoms with E-state index in [1.807, 2.05) is 66.7 Å². The molecule has 3 aromatic rings. The Morgan fingerprint density at radius 3 is 2.11 bits per heavy atom. The summed E-state index contributed by atoms with van der Waals surface area (Å²) in [5.41, 5.74) is 2.70. The van der Waals surface area contributed by atoms with Gasteiger partial charge in [0, 0.05) is 19.5 Å². The van der Waals surface area contributed by atoms with Crippen molar-refractivity contribution in [3.63, 3.8) is 0 Å². The standard InChI is InChI=1S/C29H32N2O4/c1-4-17-30-29(33)25(18-22-11-7-5-8-12-22)31(21-23-13-9-6-10-14-23)28(32)20-24-15-16-26(34-2)27(19-24)35-3/h4-16,19,25H,1,17-18,20-21H2,2-3H3,(H,30,33)/t25-/m0/s1. The van der Waals surface area contributed by atoms with Crippen LogP contribution in [-0.4, -0.2) is 43.5 Å². The van der Waals surface area contributed by atoms with Crippen molar-refractivity contribution in [2.45, 2.75) is 25.4 Å². The van der Waals surface area contributed by atoms with Gasteiger partial charge in [-0.2, -0.15) is 0 Å². The average Bonchev–Trinajstić information content (AvgIpc) is 2.90. The third-order valence-corrected chi connectivity index (χ3v) is 5.69. The van der Waals surface area contributed by atoms with E-state index < -0.39 is 6.04 Å². The highest BCUT2D eigenvalue weighted by atomic mass is 16.5. The second-order valence-corrected chi connectivity index (χ2v) is 8.11. The van der Waals surface area contributed by atoms with Crippen molar-refractivity contribution in [1.82, 2.24) is 10.2 Å². The Labute approximate surface area is 207 Å². The molecule has 3 rings (SSSR count). The molecule has 0 aliphatic carbocycles. The Bertz CT molecular complexity index is 1120. The minimum atomic E-state index is -0.690. The number of methoxy groups -OCH3 is 2. The Morgan fingerprint density at radius 2 is 1.51 bits per heavy atom. The fourth-order valence-electron chi connectivity index (χ4n) is 3.89. The first kappa shape index (κ1) is 25.6. The lowest BCUT2D eigenvalue weighted by Gasteiger charge is -2.31. The molecule has 0 saturated carbocycles. The lowest BCUT2D eigenvalue weighted by molar-refractivity contribution is -0.140. The van der Waals surface area contributed by atoms with Crippen LogP contribution in [0.25, 0.3) is 0 Å². The number of carbonyl (C=O) groups is 2. The Hall–Kier alpha value is -4.06. The molecule has 0 spiro atoms. The average molecular weight is 473 g/mol. The predicted molar refractivity (Wildman–Crippen MR) is 137 cm³/mol. The zero-order valence-corrected chi connectivity index (χ0v) is 20.3. The van der Waals surface area contributed by atoms with Gasteiger partial charge in [0.05, 0.1) is 20.6 Å². The fraction of sp³-hybridized carbons (Fsp3) is 0.241. The molecule has 1 atom stereocenters. The van der Waals surface area contributed by atoms with E-state index in [0.717, 1.165) is 16.7 Å². The first-order chi connectivity index (χ1) is 17.0. The van der Waals surface area contributed by atoms with Gasteiger partial charge in [-0.05, 0) is 28.8 Å². The zero-order chi connectivity index (χ0) is 25.0. The molecule has 0 saturated heterocycles. The molecule has 1 N–H and O–H groups in total. The smallest absolute Gasteiger partial charge is 0.243 e. The van der Waals surface area contributed by atoms with E-state index in [1.54, 1.807) is 37.3 Å². The predicted octanol–water partition coefficient (Wildman–Crippen LogP) is 4.19. The van der Waals surface area contributed by atoms with Gasteiger partial charge in [0.25, 0.3) is 0 Å². The lowest BCUT2D eigenvalue weighted by atomic mass is 10.0. The van der Waals surface area contributed by atoms with Gasteiger partial charge in [0.1, 0.15) is 6.04 Å². The third kappa shape index (κ3) is 7.21. The molecule has 0 fully saturated rings. The molecule has 6 heteroatoms. The van der Waals surface area contributed by atoms with E-state index in [0.29, 0.717) is 31.0 Å². The largest absolute Gasteiger partial charge is 0.493 e. The molecule has 0 bridgehead atoms. The van der Waals surface area contributed by atoms with Crippen LogP contribution in [-0.2, 0) is 29.0 Å². The topological polar surface area (TPSA) is 67.9 Å². The number of hydrogen-bond acceptors (Lipinski definition) is 4. The summed E-state index contributed by atoms with van der Waals surface area (Å²) in [7, 11) is 3.13. The minimum absolute atomic E-state index is 0.118. The summed E-state index contributed by atoms with van der Waals surface area (Å²) < 4.78 is 10.7. The summed E-state index contributed by atoms with van der Waals surface area (Å²) in [4.78, 5) is 28.7. The Morgan fingerprint density at radius 1 is 0.886 bits per heavy atom. The van der Waals surface area contributed by atoms with Crippen LogP contribution in [0.3, 0.4) is 0 Å². The first-order valence-electron chi connectivity index (χ1n) is 11.5. The van der Waals surface area contributed by atoms with Crippen LogP contribution in [0, 0.1) is 0 Å². The number of carbonyl (C=O) groups excluding carboxylic acids is 2. The van der Waals surface area contributed by atoms with Crippen LogP contribution in [0.15, 0.2) is 91.5 Å². The molecule has 0 heterocycles. The summed E-state index contributed by atoms with van der Waals surface area (Å²) in [5, 5.41) is 2.88. The fourth-order valence-corrected chi connectivity index (χ4v) is 3.89. The van der Waals surface area contributed by atoms with Crippen molar-refractivity contribution in [2.75, 3.05) is 20.8 Å². The maximum atomic E-state index is 13.7. The number of nitrogens with one attached hydrogen (secondary N) is 1. The highest BCUT2D eigenvalue weighted by Crippen LogP contribution is 2.28. The molecule has 6 nitrogen and oxygen atoms in total. The molecule has 3 aromatic carbocycles. The monoisotopic (exact) mass is 472 g/mol. The lowest BCUT2D eigenvalue weighted by Crippen LogP contribution is -2.51. The van der Waals surface area contributed by atoms with Crippen molar-refractivity contribution < 1.29 is 19.1 Å². The van der Waals surface area contributed by atoms with Gasteiger partial charge < -0.3 is 19.7 Å². The van der Waals surface area contributed by atoms with Gasteiger partial charge in [-0.1, -0.05) is 72.8 Å². The maximum Gasteiger partial charge on any atom is 0.243 e. The van der Waals surface area contributed by atoms with Gasteiger partial charge >= 0.3 is 0 Å². The molecular weight excluding hydrogens is 440 g/mol. The SMILES string of the molecule is C=CCNC(=O)[C@H](Cc1ccccc1)N(Cc1ccccc1)C(=O)Cc1ccc(OC)c(OC)c1. The van der Waals surface area contributed by atoms with Crippen LogP contribution >= 0.6 is 0 Å². The molecule has 0 aliphatic rings. The van der Waals surface area contributed by atoms with E-state index in [2.05, 4.69) is 11.9 Å². The quantitative estimate of drug-likeness (QED) is 0.402. The summed E-state index contributed by atoms with van der Waals surface area (Å²) in [6.07, 6.45) is 2.14.